The SMILES string of the molecule is CCC(=CC(O)C(Br)(Br)Br)CC. The lowest BCUT2D eigenvalue weighted by atomic mass is 10.1. The Bertz CT molecular complexity index is 154. The number of allylic oxidation sites excluding steroid dienone is 1. The second-order valence-corrected chi connectivity index (χ2v) is 9.46. The predicted octanol–water partition coefficient (Wildman–Crippen LogP) is 3.93. The second kappa shape index (κ2) is 5.78. The van der Waals surface area contributed by atoms with E-state index in [1.165, 1.54) is 5.57 Å². The Morgan fingerprint density at radius 3 is 2.00 bits per heavy atom. The normalized spacial score (nSPS) is 14.2. The molecule has 0 aromatic carbocycles. The van der Waals surface area contributed by atoms with Gasteiger partial charge in [-0.15, -0.1) is 0 Å². The molecule has 0 amide bonds. The molecule has 0 bridgehead atoms. The molecule has 0 aromatic rings. The highest BCUT2D eigenvalue weighted by atomic mass is 80.0. The van der Waals surface area contributed by atoms with E-state index in [9.17, 15) is 5.11 Å². The number of aliphatic hydroxyl groups excluding tert-OH is 1. The fourth-order valence-corrected chi connectivity index (χ4v) is 1.20. The van der Waals surface area contributed by atoms with Gasteiger partial charge in [0, 0.05) is 0 Å². The summed E-state index contributed by atoms with van der Waals surface area (Å²) in [6.07, 6.45) is 3.26. The van der Waals surface area contributed by atoms with Crippen molar-refractivity contribution in [1.82, 2.24) is 0 Å². The van der Waals surface area contributed by atoms with Gasteiger partial charge in [-0.2, -0.15) is 0 Å². The number of rotatable bonds is 3. The summed E-state index contributed by atoms with van der Waals surface area (Å²) < 4.78 is -0.595. The Labute approximate surface area is 99.0 Å². The zero-order chi connectivity index (χ0) is 9.78. The molecular weight excluding hydrogens is 352 g/mol. The van der Waals surface area contributed by atoms with Gasteiger partial charge in [-0.25, -0.2) is 0 Å². The van der Waals surface area contributed by atoms with Gasteiger partial charge in [-0.3, -0.25) is 0 Å². The predicted molar refractivity (Wildman–Crippen MR) is 64.2 cm³/mol. The largest absolute Gasteiger partial charge is 0.386 e. The van der Waals surface area contributed by atoms with Crippen molar-refractivity contribution in [3.05, 3.63) is 11.6 Å². The molecule has 72 valence electrons. The van der Waals surface area contributed by atoms with Crippen LogP contribution in [0, 0.1) is 0 Å². The summed E-state index contributed by atoms with van der Waals surface area (Å²) in [6.45, 7) is 4.17. The van der Waals surface area contributed by atoms with E-state index in [2.05, 4.69) is 61.6 Å². The molecule has 0 heterocycles. The zero-order valence-corrected chi connectivity index (χ0v) is 11.9. The van der Waals surface area contributed by atoms with E-state index in [4.69, 9.17) is 0 Å². The molecule has 0 saturated carbocycles. The molecule has 0 radical (unpaired) electrons. The molecule has 12 heavy (non-hydrogen) atoms. The highest BCUT2D eigenvalue weighted by Gasteiger charge is 2.26. The van der Waals surface area contributed by atoms with Gasteiger partial charge in [0.05, 0.1) is 0 Å². The van der Waals surface area contributed by atoms with Crippen molar-refractivity contribution in [2.45, 2.75) is 34.9 Å². The molecule has 0 aliphatic carbocycles. The second-order valence-electron chi connectivity index (χ2n) is 2.52. The lowest BCUT2D eigenvalue weighted by molar-refractivity contribution is 0.237. The van der Waals surface area contributed by atoms with Crippen LogP contribution in [0.2, 0.25) is 0 Å². The third-order valence-corrected chi connectivity index (χ3v) is 3.04. The first-order valence-corrected chi connectivity index (χ1v) is 6.24. The van der Waals surface area contributed by atoms with E-state index in [1.807, 2.05) is 6.08 Å². The van der Waals surface area contributed by atoms with E-state index in [0.29, 0.717) is 0 Å². The maximum atomic E-state index is 9.60. The summed E-state index contributed by atoms with van der Waals surface area (Å²) in [6, 6.07) is 0. The van der Waals surface area contributed by atoms with Crippen LogP contribution in [-0.2, 0) is 0 Å². The molecule has 0 aliphatic heterocycles. The van der Waals surface area contributed by atoms with E-state index >= 15 is 0 Å². The Morgan fingerprint density at radius 2 is 1.75 bits per heavy atom. The molecular formula is C8H13Br3O. The van der Waals surface area contributed by atoms with Crippen LogP contribution in [0.3, 0.4) is 0 Å². The van der Waals surface area contributed by atoms with Crippen LogP contribution in [0.4, 0.5) is 0 Å². The Hall–Kier alpha value is 1.14. The molecule has 1 unspecified atom stereocenters. The van der Waals surface area contributed by atoms with E-state index in [0.717, 1.165) is 12.8 Å². The fourth-order valence-electron chi connectivity index (χ4n) is 0.803. The third kappa shape index (κ3) is 5.00. The van der Waals surface area contributed by atoms with Gasteiger partial charge in [0.15, 0.2) is 2.14 Å². The fraction of sp³-hybridized carbons (Fsp3) is 0.750. The van der Waals surface area contributed by atoms with Gasteiger partial charge in [-0.05, 0) is 12.8 Å². The molecule has 1 atom stereocenters. The minimum absolute atomic E-state index is 0.563. The van der Waals surface area contributed by atoms with Crippen LogP contribution in [0.15, 0.2) is 11.6 Å². The number of alkyl halides is 3. The van der Waals surface area contributed by atoms with Crippen LogP contribution in [0.5, 0.6) is 0 Å². The average molecular weight is 365 g/mol. The first-order chi connectivity index (χ1) is 5.41. The quantitative estimate of drug-likeness (QED) is 0.594. The molecule has 0 saturated heterocycles. The van der Waals surface area contributed by atoms with Crippen LogP contribution in [0.1, 0.15) is 26.7 Å². The van der Waals surface area contributed by atoms with E-state index < -0.39 is 8.25 Å². The zero-order valence-electron chi connectivity index (χ0n) is 7.15. The standard InChI is InChI=1S/C8H13Br3O/c1-3-6(4-2)5-7(12)8(9,10)11/h5,7,12H,3-4H2,1-2H3. The molecule has 4 heteroatoms. The topological polar surface area (TPSA) is 20.2 Å². The number of hydrogen-bond donors (Lipinski definition) is 1. The molecule has 1 nitrogen and oxygen atoms in total. The minimum Gasteiger partial charge on any atom is -0.386 e. The summed E-state index contributed by atoms with van der Waals surface area (Å²) >= 11 is 9.81. The van der Waals surface area contributed by atoms with Crippen LogP contribution >= 0.6 is 47.8 Å². The minimum atomic E-state index is -0.595. The van der Waals surface area contributed by atoms with Crippen molar-refractivity contribution in [3.8, 4) is 0 Å². The Kier molecular flexibility index (Phi) is 6.33. The van der Waals surface area contributed by atoms with Gasteiger partial charge in [0.1, 0.15) is 6.10 Å². The van der Waals surface area contributed by atoms with Gasteiger partial charge in [0.25, 0.3) is 0 Å². The molecule has 1 N–H and O–H groups in total. The van der Waals surface area contributed by atoms with Crippen molar-refractivity contribution < 1.29 is 5.11 Å². The van der Waals surface area contributed by atoms with Gasteiger partial charge in [-0.1, -0.05) is 73.3 Å². The highest BCUT2D eigenvalue weighted by molar-refractivity contribution is 9.39. The van der Waals surface area contributed by atoms with Crippen molar-refractivity contribution in [2.24, 2.45) is 0 Å². The third-order valence-electron chi connectivity index (χ3n) is 1.64. The van der Waals surface area contributed by atoms with Crippen LogP contribution in [0.25, 0.3) is 0 Å². The summed E-state index contributed by atoms with van der Waals surface area (Å²) in [7, 11) is 0. The lowest BCUT2D eigenvalue weighted by Gasteiger charge is -2.17. The van der Waals surface area contributed by atoms with Crippen LogP contribution < -0.4 is 0 Å². The highest BCUT2D eigenvalue weighted by Crippen LogP contribution is 2.38. The summed E-state index contributed by atoms with van der Waals surface area (Å²) in [5.74, 6) is 0. The summed E-state index contributed by atoms with van der Waals surface area (Å²) in [4.78, 5) is 0. The van der Waals surface area contributed by atoms with Crippen molar-refractivity contribution >= 4 is 47.8 Å². The molecule has 0 spiro atoms. The van der Waals surface area contributed by atoms with Crippen molar-refractivity contribution in [2.75, 3.05) is 0 Å². The van der Waals surface area contributed by atoms with Crippen LogP contribution in [-0.4, -0.2) is 13.4 Å². The first kappa shape index (κ1) is 13.1. The van der Waals surface area contributed by atoms with E-state index in [-0.39, 0.29) is 0 Å². The number of aliphatic hydroxyl groups is 1. The summed E-state index contributed by atoms with van der Waals surface area (Å²) in [5.41, 5.74) is 1.25. The average Bonchev–Trinajstić information content (AvgIpc) is 1.97. The maximum absolute atomic E-state index is 9.60. The smallest absolute Gasteiger partial charge is 0.164 e. The van der Waals surface area contributed by atoms with Crippen molar-refractivity contribution in [1.29, 1.82) is 0 Å². The molecule has 0 aliphatic rings. The monoisotopic (exact) mass is 362 g/mol. The Balaban J connectivity index is 4.30. The van der Waals surface area contributed by atoms with Gasteiger partial charge in [0.2, 0.25) is 0 Å². The molecule has 0 rings (SSSR count). The number of hydrogen-bond acceptors (Lipinski definition) is 1. The lowest BCUT2D eigenvalue weighted by Crippen LogP contribution is -2.21. The van der Waals surface area contributed by atoms with Gasteiger partial charge < -0.3 is 5.11 Å². The summed E-state index contributed by atoms with van der Waals surface area (Å²) in [5, 5.41) is 9.60. The van der Waals surface area contributed by atoms with Gasteiger partial charge >= 0.3 is 0 Å². The maximum Gasteiger partial charge on any atom is 0.164 e. The first-order valence-electron chi connectivity index (χ1n) is 3.86. The molecule has 0 aromatic heterocycles. The van der Waals surface area contributed by atoms with E-state index in [1.54, 1.807) is 0 Å². The van der Waals surface area contributed by atoms with Crippen molar-refractivity contribution in [3.63, 3.8) is 0 Å². The molecule has 0 fully saturated rings. The number of halogens is 3. The Morgan fingerprint density at radius 1 is 1.33 bits per heavy atom.